The fraction of sp³-hybridized carbons (Fsp3) is 0.111. The van der Waals surface area contributed by atoms with Gasteiger partial charge in [0.05, 0.1) is 0 Å². The molecule has 0 spiro atoms. The van der Waals surface area contributed by atoms with Crippen LogP contribution in [0.25, 0.3) is 0 Å². The minimum absolute atomic E-state index is 0.201. The summed E-state index contributed by atoms with van der Waals surface area (Å²) in [5, 5.41) is 5.09. The maximum Gasteiger partial charge on any atom is 0.239 e. The van der Waals surface area contributed by atoms with Crippen LogP contribution < -0.4 is 10.6 Å². The predicted molar refractivity (Wildman–Crippen MR) is 98.4 cm³/mol. The van der Waals surface area contributed by atoms with Crippen LogP contribution in [0.2, 0.25) is 0 Å². The zero-order valence-electron chi connectivity index (χ0n) is 13.3. The molecule has 0 radical (unpaired) electrons. The molecule has 132 valence electrons. The van der Waals surface area contributed by atoms with E-state index in [4.69, 9.17) is 23.2 Å². The zero-order chi connectivity index (χ0) is 18.8. The van der Waals surface area contributed by atoms with E-state index >= 15 is 0 Å². The van der Waals surface area contributed by atoms with Crippen LogP contribution in [0.4, 0.5) is 11.4 Å². The van der Waals surface area contributed by atoms with Gasteiger partial charge in [-0.3, -0.25) is 19.2 Å². The summed E-state index contributed by atoms with van der Waals surface area (Å²) in [5.41, 5.74) is 1.62. The van der Waals surface area contributed by atoms with E-state index in [-0.39, 0.29) is 45.6 Å². The SMILES string of the molecule is O=C(CCl)Nc1ccc2c(c1)C(=O)c1ccc(NC(=O)CCl)cc1C2=O. The average molecular weight is 391 g/mol. The molecule has 1 aliphatic rings. The Balaban J connectivity index is 1.99. The molecule has 3 rings (SSSR count). The van der Waals surface area contributed by atoms with Gasteiger partial charge in [0.2, 0.25) is 11.8 Å². The van der Waals surface area contributed by atoms with E-state index in [0.29, 0.717) is 11.4 Å². The second kappa shape index (κ2) is 7.27. The molecule has 0 unspecified atom stereocenters. The Morgan fingerprint density at radius 1 is 0.692 bits per heavy atom. The highest BCUT2D eigenvalue weighted by molar-refractivity contribution is 6.31. The summed E-state index contributed by atoms with van der Waals surface area (Å²) in [6.07, 6.45) is 0. The number of halogens is 2. The highest BCUT2D eigenvalue weighted by atomic mass is 35.5. The molecular weight excluding hydrogens is 379 g/mol. The number of anilines is 2. The van der Waals surface area contributed by atoms with Crippen LogP contribution in [0.15, 0.2) is 36.4 Å². The van der Waals surface area contributed by atoms with Gasteiger partial charge in [-0.2, -0.15) is 0 Å². The lowest BCUT2D eigenvalue weighted by Gasteiger charge is -2.19. The van der Waals surface area contributed by atoms with Crippen LogP contribution in [0.1, 0.15) is 31.8 Å². The van der Waals surface area contributed by atoms with Crippen LogP contribution in [-0.4, -0.2) is 35.1 Å². The van der Waals surface area contributed by atoms with E-state index in [1.807, 2.05) is 0 Å². The van der Waals surface area contributed by atoms with Crippen molar-refractivity contribution in [2.45, 2.75) is 0 Å². The van der Waals surface area contributed by atoms with Crippen LogP contribution in [-0.2, 0) is 9.59 Å². The second-order valence-electron chi connectivity index (χ2n) is 5.54. The average Bonchev–Trinajstić information content (AvgIpc) is 2.65. The van der Waals surface area contributed by atoms with Gasteiger partial charge in [0, 0.05) is 33.6 Å². The van der Waals surface area contributed by atoms with Crippen molar-refractivity contribution in [1.82, 2.24) is 0 Å². The van der Waals surface area contributed by atoms with Crippen LogP contribution in [0, 0.1) is 0 Å². The first kappa shape index (κ1) is 18.1. The first-order valence-electron chi connectivity index (χ1n) is 7.53. The number of benzene rings is 2. The molecule has 8 heteroatoms. The van der Waals surface area contributed by atoms with Gasteiger partial charge in [-0.15, -0.1) is 23.2 Å². The molecule has 0 aliphatic heterocycles. The number of ketones is 2. The number of hydrogen-bond donors (Lipinski definition) is 2. The molecule has 2 N–H and O–H groups in total. The Kier molecular flexibility index (Phi) is 5.06. The van der Waals surface area contributed by atoms with Crippen molar-refractivity contribution < 1.29 is 19.2 Å². The van der Waals surface area contributed by atoms with Crippen molar-refractivity contribution in [1.29, 1.82) is 0 Å². The summed E-state index contributed by atoms with van der Waals surface area (Å²) < 4.78 is 0. The highest BCUT2D eigenvalue weighted by Crippen LogP contribution is 2.31. The summed E-state index contributed by atoms with van der Waals surface area (Å²) in [7, 11) is 0. The molecule has 0 saturated carbocycles. The number of amides is 2. The number of rotatable bonds is 4. The number of hydrogen-bond acceptors (Lipinski definition) is 4. The maximum absolute atomic E-state index is 12.8. The van der Waals surface area contributed by atoms with Crippen LogP contribution >= 0.6 is 23.2 Å². The number of carbonyl (C=O) groups excluding carboxylic acids is 4. The largest absolute Gasteiger partial charge is 0.325 e. The Hall–Kier alpha value is -2.70. The third-order valence-electron chi connectivity index (χ3n) is 3.83. The van der Waals surface area contributed by atoms with E-state index in [0.717, 1.165) is 0 Å². The van der Waals surface area contributed by atoms with E-state index in [9.17, 15) is 19.2 Å². The third kappa shape index (κ3) is 3.34. The Morgan fingerprint density at radius 2 is 1.08 bits per heavy atom. The van der Waals surface area contributed by atoms with Crippen molar-refractivity contribution in [3.05, 3.63) is 58.7 Å². The molecule has 0 bridgehead atoms. The van der Waals surface area contributed by atoms with Gasteiger partial charge < -0.3 is 10.6 Å². The second-order valence-corrected chi connectivity index (χ2v) is 6.08. The molecule has 2 aromatic carbocycles. The quantitative estimate of drug-likeness (QED) is 0.669. The molecule has 0 atom stereocenters. The Morgan fingerprint density at radius 3 is 1.42 bits per heavy atom. The minimum Gasteiger partial charge on any atom is -0.325 e. The smallest absolute Gasteiger partial charge is 0.239 e. The standard InChI is InChI=1S/C18H12Cl2N2O4/c19-7-15(23)21-9-1-3-11-13(5-9)18(26)12-4-2-10(22-16(24)8-20)6-14(12)17(11)25/h1-6H,7-8H2,(H,21,23)(H,22,24). The summed E-state index contributed by atoms with van der Waals surface area (Å²) in [5.74, 6) is -1.95. The monoisotopic (exact) mass is 390 g/mol. The molecule has 0 aromatic heterocycles. The van der Waals surface area contributed by atoms with Crippen molar-refractivity contribution in [2.75, 3.05) is 22.4 Å². The lowest BCUT2D eigenvalue weighted by Crippen LogP contribution is -2.22. The third-order valence-corrected chi connectivity index (χ3v) is 4.31. The molecule has 2 amide bonds. The van der Waals surface area contributed by atoms with Gasteiger partial charge in [-0.25, -0.2) is 0 Å². The number of alkyl halides is 2. The minimum atomic E-state index is -0.415. The van der Waals surface area contributed by atoms with Gasteiger partial charge in [0.15, 0.2) is 11.6 Å². The van der Waals surface area contributed by atoms with Crippen molar-refractivity contribution in [3.8, 4) is 0 Å². The molecular formula is C18H12Cl2N2O4. The van der Waals surface area contributed by atoms with Crippen molar-refractivity contribution in [3.63, 3.8) is 0 Å². The summed E-state index contributed by atoms with van der Waals surface area (Å²) in [6, 6.07) is 8.91. The number of fused-ring (bicyclic) bond motifs is 2. The molecule has 0 saturated heterocycles. The predicted octanol–water partition coefficient (Wildman–Crippen LogP) is 2.82. The Labute approximate surface area is 158 Å². The van der Waals surface area contributed by atoms with Gasteiger partial charge >= 0.3 is 0 Å². The van der Waals surface area contributed by atoms with Gasteiger partial charge in [-0.1, -0.05) is 0 Å². The molecule has 26 heavy (non-hydrogen) atoms. The Bertz CT molecular complexity index is 879. The van der Waals surface area contributed by atoms with Crippen molar-refractivity contribution in [2.24, 2.45) is 0 Å². The lowest BCUT2D eigenvalue weighted by molar-refractivity contribution is -0.114. The normalized spacial score (nSPS) is 12.2. The number of nitrogens with one attached hydrogen (secondary N) is 2. The first-order valence-corrected chi connectivity index (χ1v) is 8.60. The van der Waals surface area contributed by atoms with E-state index in [2.05, 4.69) is 10.6 Å². The summed E-state index contributed by atoms with van der Waals surface area (Å²) in [4.78, 5) is 48.3. The lowest BCUT2D eigenvalue weighted by atomic mass is 9.83. The summed E-state index contributed by atoms with van der Waals surface area (Å²) in [6.45, 7) is 0. The van der Waals surface area contributed by atoms with Crippen LogP contribution in [0.5, 0.6) is 0 Å². The van der Waals surface area contributed by atoms with E-state index < -0.39 is 11.8 Å². The molecule has 1 aliphatic carbocycles. The van der Waals surface area contributed by atoms with Gasteiger partial charge in [0.1, 0.15) is 11.8 Å². The summed E-state index contributed by atoms with van der Waals surface area (Å²) >= 11 is 10.9. The fourth-order valence-electron chi connectivity index (χ4n) is 2.69. The zero-order valence-corrected chi connectivity index (χ0v) is 14.8. The molecule has 0 fully saturated rings. The van der Waals surface area contributed by atoms with Crippen LogP contribution in [0.3, 0.4) is 0 Å². The highest BCUT2D eigenvalue weighted by Gasteiger charge is 2.30. The van der Waals surface area contributed by atoms with Gasteiger partial charge in [-0.05, 0) is 36.4 Å². The van der Waals surface area contributed by atoms with Crippen molar-refractivity contribution >= 4 is 58.0 Å². The topological polar surface area (TPSA) is 92.3 Å². The molecule has 2 aromatic rings. The van der Waals surface area contributed by atoms with E-state index in [1.165, 1.54) is 36.4 Å². The van der Waals surface area contributed by atoms with E-state index in [1.54, 1.807) is 0 Å². The first-order chi connectivity index (χ1) is 12.4. The fourth-order valence-corrected chi connectivity index (χ4v) is 2.83. The number of carbonyl (C=O) groups is 4. The van der Waals surface area contributed by atoms with Gasteiger partial charge in [0.25, 0.3) is 0 Å². The maximum atomic E-state index is 12.8. The molecule has 6 nitrogen and oxygen atoms in total. The molecule has 0 heterocycles.